The summed E-state index contributed by atoms with van der Waals surface area (Å²) in [5.74, 6) is -0.532. The topological polar surface area (TPSA) is 66.9 Å². The Kier molecular flexibility index (Phi) is 4.39. The average Bonchev–Trinajstić information content (AvgIpc) is 2.67. The van der Waals surface area contributed by atoms with Gasteiger partial charge in [-0.1, -0.05) is 17.7 Å². The Morgan fingerprint density at radius 2 is 2.00 bits per heavy atom. The number of hydrogen-bond donors (Lipinski definition) is 0. The molecule has 2 aliphatic rings. The first-order chi connectivity index (χ1) is 10.8. The summed E-state index contributed by atoms with van der Waals surface area (Å²) in [5.41, 5.74) is 0.821. The minimum absolute atomic E-state index is 0.0628. The molecular formula is C15H19ClN2O4S. The van der Waals surface area contributed by atoms with E-state index in [1.165, 1.54) is 10.4 Å². The van der Waals surface area contributed by atoms with Gasteiger partial charge in [-0.25, -0.2) is 8.42 Å². The van der Waals surface area contributed by atoms with E-state index in [-0.39, 0.29) is 36.5 Å². The van der Waals surface area contributed by atoms with Crippen molar-refractivity contribution in [1.29, 1.82) is 0 Å². The fourth-order valence-corrected chi connectivity index (χ4v) is 4.73. The van der Waals surface area contributed by atoms with Gasteiger partial charge in [-0.05, 0) is 24.6 Å². The second kappa shape index (κ2) is 6.05. The molecule has 2 saturated heterocycles. The van der Waals surface area contributed by atoms with E-state index in [0.29, 0.717) is 11.6 Å². The highest BCUT2D eigenvalue weighted by molar-refractivity contribution is 7.89. The van der Waals surface area contributed by atoms with E-state index in [1.807, 2.05) is 6.92 Å². The summed E-state index contributed by atoms with van der Waals surface area (Å²) in [4.78, 5) is 14.1. The van der Waals surface area contributed by atoms with Crippen LogP contribution in [0.2, 0.25) is 5.02 Å². The van der Waals surface area contributed by atoms with Gasteiger partial charge < -0.3 is 9.64 Å². The minimum Gasteiger partial charge on any atom is -0.378 e. The number of benzene rings is 1. The lowest BCUT2D eigenvalue weighted by molar-refractivity contribution is -0.133. The summed E-state index contributed by atoms with van der Waals surface area (Å²) < 4.78 is 32.8. The van der Waals surface area contributed by atoms with Crippen LogP contribution in [0.3, 0.4) is 0 Å². The van der Waals surface area contributed by atoms with Gasteiger partial charge in [0.05, 0.1) is 30.1 Å². The highest BCUT2D eigenvalue weighted by Crippen LogP contribution is 2.27. The highest BCUT2D eigenvalue weighted by atomic mass is 35.5. The van der Waals surface area contributed by atoms with Crippen molar-refractivity contribution >= 4 is 27.5 Å². The van der Waals surface area contributed by atoms with Crippen LogP contribution in [0.4, 0.5) is 0 Å². The van der Waals surface area contributed by atoms with E-state index in [9.17, 15) is 13.2 Å². The van der Waals surface area contributed by atoms with E-state index in [4.69, 9.17) is 16.3 Å². The number of nitrogens with zero attached hydrogens (tertiary/aromatic N) is 2. The maximum atomic E-state index is 12.9. The Balaban J connectivity index is 1.97. The predicted octanol–water partition coefficient (Wildman–Crippen LogP) is 1.13. The molecule has 2 fully saturated rings. The van der Waals surface area contributed by atoms with E-state index < -0.39 is 15.9 Å². The van der Waals surface area contributed by atoms with Crippen LogP contribution in [0.15, 0.2) is 23.1 Å². The van der Waals surface area contributed by atoms with E-state index in [0.717, 1.165) is 5.56 Å². The molecule has 0 aromatic heterocycles. The fraction of sp³-hybridized carbons (Fsp3) is 0.533. The molecular weight excluding hydrogens is 340 g/mol. The van der Waals surface area contributed by atoms with Crippen LogP contribution in [0.25, 0.3) is 0 Å². The monoisotopic (exact) mass is 358 g/mol. The lowest BCUT2D eigenvalue weighted by Gasteiger charge is -2.28. The summed E-state index contributed by atoms with van der Waals surface area (Å²) in [6.45, 7) is 2.78. The van der Waals surface area contributed by atoms with Crippen molar-refractivity contribution in [2.24, 2.45) is 5.92 Å². The number of fused-ring (bicyclic) bond motifs is 3. The number of amides is 1. The molecule has 23 heavy (non-hydrogen) atoms. The van der Waals surface area contributed by atoms with Gasteiger partial charge in [0, 0.05) is 25.2 Å². The average molecular weight is 359 g/mol. The minimum atomic E-state index is -3.70. The number of halogens is 1. The second-order valence-electron chi connectivity index (χ2n) is 6.07. The van der Waals surface area contributed by atoms with Gasteiger partial charge in [-0.2, -0.15) is 4.31 Å². The number of ether oxygens (including phenoxy) is 1. The van der Waals surface area contributed by atoms with Gasteiger partial charge in [0.2, 0.25) is 15.9 Å². The largest absolute Gasteiger partial charge is 0.378 e. The van der Waals surface area contributed by atoms with Gasteiger partial charge in [-0.15, -0.1) is 0 Å². The highest BCUT2D eigenvalue weighted by Gasteiger charge is 2.41. The summed E-state index contributed by atoms with van der Waals surface area (Å²) in [5, 5.41) is 0.414. The molecule has 0 N–H and O–H groups in total. The molecule has 1 aromatic rings. The molecule has 2 heterocycles. The third-order valence-electron chi connectivity index (χ3n) is 4.49. The maximum absolute atomic E-state index is 12.9. The van der Waals surface area contributed by atoms with E-state index in [2.05, 4.69) is 0 Å². The summed E-state index contributed by atoms with van der Waals surface area (Å²) in [6, 6.07) is 4.44. The van der Waals surface area contributed by atoms with Crippen molar-refractivity contribution in [3.8, 4) is 0 Å². The third kappa shape index (κ3) is 2.98. The number of sulfonamides is 1. The van der Waals surface area contributed by atoms with Crippen LogP contribution in [0.5, 0.6) is 0 Å². The van der Waals surface area contributed by atoms with Crippen molar-refractivity contribution in [1.82, 2.24) is 9.21 Å². The normalized spacial score (nSPS) is 26.2. The molecule has 0 unspecified atom stereocenters. The van der Waals surface area contributed by atoms with Gasteiger partial charge in [0.15, 0.2) is 0 Å². The molecule has 2 aliphatic heterocycles. The number of hydrogen-bond acceptors (Lipinski definition) is 4. The molecule has 6 nitrogen and oxygen atoms in total. The maximum Gasteiger partial charge on any atom is 0.243 e. The first-order valence-electron chi connectivity index (χ1n) is 7.41. The van der Waals surface area contributed by atoms with Gasteiger partial charge in [0.1, 0.15) is 0 Å². The van der Waals surface area contributed by atoms with Gasteiger partial charge >= 0.3 is 0 Å². The molecule has 0 saturated carbocycles. The van der Waals surface area contributed by atoms with Crippen molar-refractivity contribution < 1.29 is 17.9 Å². The first-order valence-corrected chi connectivity index (χ1v) is 9.23. The molecule has 0 radical (unpaired) electrons. The Labute approximate surface area is 141 Å². The number of carbonyl (C=O) groups excluding carboxylic acids is 1. The van der Waals surface area contributed by atoms with Crippen molar-refractivity contribution in [3.63, 3.8) is 0 Å². The quantitative estimate of drug-likeness (QED) is 0.794. The molecule has 126 valence electrons. The smallest absolute Gasteiger partial charge is 0.243 e. The summed E-state index contributed by atoms with van der Waals surface area (Å²) in [7, 11) is -2.00. The van der Waals surface area contributed by atoms with Gasteiger partial charge in [-0.3, -0.25) is 4.79 Å². The molecule has 0 spiro atoms. The van der Waals surface area contributed by atoms with E-state index in [1.54, 1.807) is 24.1 Å². The fourth-order valence-electron chi connectivity index (χ4n) is 2.94. The molecule has 0 aliphatic carbocycles. The third-order valence-corrected chi connectivity index (χ3v) is 6.73. The van der Waals surface area contributed by atoms with Crippen LogP contribution < -0.4 is 0 Å². The van der Waals surface area contributed by atoms with Crippen molar-refractivity contribution in [2.45, 2.75) is 17.9 Å². The zero-order chi connectivity index (χ0) is 16.8. The SMILES string of the molecule is Cc1ccc(S(=O)(=O)N2C[C@@H]3COC[C@H](C2)N(C)C3=O)cc1Cl. The number of carbonyl (C=O) groups is 1. The molecule has 2 bridgehead atoms. The van der Waals surface area contributed by atoms with Crippen molar-refractivity contribution in [2.75, 3.05) is 33.4 Å². The Hall–Kier alpha value is -1.15. The molecule has 8 heteroatoms. The lowest BCUT2D eigenvalue weighted by Crippen LogP contribution is -2.45. The van der Waals surface area contributed by atoms with E-state index >= 15 is 0 Å². The van der Waals surface area contributed by atoms with Gasteiger partial charge in [0.25, 0.3) is 0 Å². The lowest BCUT2D eigenvalue weighted by atomic mass is 10.1. The van der Waals surface area contributed by atoms with Crippen LogP contribution in [0, 0.1) is 12.8 Å². The Morgan fingerprint density at radius 3 is 2.70 bits per heavy atom. The Bertz CT molecular complexity index is 737. The van der Waals surface area contributed by atoms with Crippen LogP contribution in [0.1, 0.15) is 5.56 Å². The van der Waals surface area contributed by atoms with Crippen LogP contribution in [-0.4, -0.2) is 62.9 Å². The van der Waals surface area contributed by atoms with Crippen LogP contribution in [-0.2, 0) is 19.6 Å². The molecule has 1 aromatic carbocycles. The second-order valence-corrected chi connectivity index (χ2v) is 8.42. The van der Waals surface area contributed by atoms with Crippen molar-refractivity contribution in [3.05, 3.63) is 28.8 Å². The Morgan fingerprint density at radius 1 is 1.26 bits per heavy atom. The zero-order valence-electron chi connectivity index (χ0n) is 13.0. The van der Waals surface area contributed by atoms with Crippen LogP contribution >= 0.6 is 11.6 Å². The molecule has 1 amide bonds. The standard InChI is InChI=1S/C15H19ClN2O4S/c1-10-3-4-13(5-14(10)16)23(20,21)18-6-11-8-22-9-12(7-18)17(2)15(11)19/h3-5,11-12H,6-9H2,1-2H3/t11-,12+/m1/s1. The summed E-state index contributed by atoms with van der Waals surface area (Å²) >= 11 is 6.07. The number of aryl methyl sites for hydroxylation is 1. The summed E-state index contributed by atoms with van der Waals surface area (Å²) in [6.07, 6.45) is 0. The number of likely N-dealkylation sites (N-methyl/N-ethyl adjacent to an activating group) is 1. The zero-order valence-corrected chi connectivity index (χ0v) is 14.6. The number of rotatable bonds is 2. The molecule has 3 rings (SSSR count). The molecule has 2 atom stereocenters. The first kappa shape index (κ1) is 16.7. The predicted molar refractivity (Wildman–Crippen MR) is 85.8 cm³/mol.